The number of carbonyl (C=O) groups excluding carboxylic acids is 1. The number of methoxy groups -OCH3 is 2. The largest absolute Gasteiger partial charge is 0.494 e. The Labute approximate surface area is 217 Å². The summed E-state index contributed by atoms with van der Waals surface area (Å²) in [6, 6.07) is 18.1. The Hall–Kier alpha value is -4.27. The third-order valence-corrected chi connectivity index (χ3v) is 6.47. The third-order valence-electron chi connectivity index (χ3n) is 6.47. The summed E-state index contributed by atoms with van der Waals surface area (Å²) < 4.78 is 11.2. The van der Waals surface area contributed by atoms with Crippen molar-refractivity contribution < 1.29 is 14.3 Å². The van der Waals surface area contributed by atoms with Crippen molar-refractivity contribution in [3.63, 3.8) is 0 Å². The van der Waals surface area contributed by atoms with Crippen molar-refractivity contribution in [1.82, 2.24) is 10.2 Å². The first-order chi connectivity index (χ1) is 17.9. The number of fused-ring (bicyclic) bond motifs is 1. The number of aliphatic imine (C=N–C) groups is 2. The van der Waals surface area contributed by atoms with E-state index in [1.807, 2.05) is 42.2 Å². The summed E-state index contributed by atoms with van der Waals surface area (Å²) in [5.41, 5.74) is 8.18. The Morgan fingerprint density at radius 1 is 1.03 bits per heavy atom. The van der Waals surface area contributed by atoms with Crippen molar-refractivity contribution in [2.45, 2.75) is 19.9 Å². The summed E-state index contributed by atoms with van der Waals surface area (Å²) in [5, 5.41) is 5.50. The van der Waals surface area contributed by atoms with E-state index >= 15 is 0 Å². The number of ether oxygens (including phenoxy) is 2. The van der Waals surface area contributed by atoms with Gasteiger partial charge in [0.2, 0.25) is 0 Å². The summed E-state index contributed by atoms with van der Waals surface area (Å²) in [4.78, 5) is 25.5. The number of piperazine rings is 1. The number of anilines is 1. The molecule has 1 fully saturated rings. The lowest BCUT2D eigenvalue weighted by molar-refractivity contribution is 0.191. The zero-order valence-electron chi connectivity index (χ0n) is 21.8. The van der Waals surface area contributed by atoms with E-state index in [9.17, 15) is 4.79 Å². The molecule has 2 amide bonds. The maximum atomic E-state index is 13.1. The molecule has 9 heteroatoms. The van der Waals surface area contributed by atoms with Crippen LogP contribution in [0.1, 0.15) is 25.5 Å². The third kappa shape index (κ3) is 5.94. The lowest BCUT2D eigenvalue weighted by Crippen LogP contribution is -2.52. The molecule has 0 bridgehead atoms. The minimum atomic E-state index is -0.106. The molecule has 194 valence electrons. The summed E-state index contributed by atoms with van der Waals surface area (Å²) in [6.45, 7) is 6.28. The van der Waals surface area contributed by atoms with Crippen molar-refractivity contribution >= 4 is 40.4 Å². The van der Waals surface area contributed by atoms with Gasteiger partial charge in [-0.05, 0) is 30.2 Å². The number of benzene rings is 3. The number of amides is 2. The van der Waals surface area contributed by atoms with Gasteiger partial charge in [0.25, 0.3) is 0 Å². The molecule has 37 heavy (non-hydrogen) atoms. The van der Waals surface area contributed by atoms with E-state index < -0.39 is 0 Å². The van der Waals surface area contributed by atoms with Gasteiger partial charge in [0.1, 0.15) is 23.5 Å². The number of carbonyl (C=O) groups is 1. The molecule has 1 atom stereocenters. The van der Waals surface area contributed by atoms with Crippen LogP contribution in [0.5, 0.6) is 11.5 Å². The number of nitrogens with zero attached hydrogens (tertiary/aromatic N) is 4. The molecule has 1 saturated heterocycles. The van der Waals surface area contributed by atoms with Crippen LogP contribution in [0.4, 0.5) is 16.2 Å². The van der Waals surface area contributed by atoms with Crippen LogP contribution in [0.25, 0.3) is 10.8 Å². The van der Waals surface area contributed by atoms with Crippen LogP contribution >= 0.6 is 0 Å². The highest BCUT2D eigenvalue weighted by molar-refractivity contribution is 5.87. The molecule has 1 aliphatic heterocycles. The van der Waals surface area contributed by atoms with Gasteiger partial charge in [0.05, 0.1) is 26.1 Å². The molecular formula is C28H34N6O3. The molecule has 3 aromatic carbocycles. The molecule has 1 unspecified atom stereocenters. The highest BCUT2D eigenvalue weighted by atomic mass is 16.5. The average molecular weight is 503 g/mol. The second-order valence-corrected chi connectivity index (χ2v) is 8.93. The first-order valence-corrected chi connectivity index (χ1v) is 12.3. The van der Waals surface area contributed by atoms with Crippen LogP contribution in [0, 0.1) is 0 Å². The van der Waals surface area contributed by atoms with Crippen molar-refractivity contribution in [2.24, 2.45) is 15.7 Å². The van der Waals surface area contributed by atoms with Crippen molar-refractivity contribution in [3.05, 3.63) is 60.2 Å². The van der Waals surface area contributed by atoms with E-state index in [1.165, 1.54) is 11.7 Å². The second kappa shape index (κ2) is 11.6. The van der Waals surface area contributed by atoms with Crippen molar-refractivity contribution in [3.8, 4) is 11.5 Å². The molecule has 4 rings (SSSR count). The molecule has 9 nitrogen and oxygen atoms in total. The highest BCUT2D eigenvalue weighted by Gasteiger charge is 2.24. The molecule has 0 aliphatic carbocycles. The Bertz CT molecular complexity index is 1280. The fraction of sp³-hybridized carbons (Fsp3) is 0.321. The van der Waals surface area contributed by atoms with E-state index in [0.717, 1.165) is 16.6 Å². The number of nitrogens with two attached hydrogens (primary N) is 1. The molecule has 3 aromatic rings. The van der Waals surface area contributed by atoms with Gasteiger partial charge in [-0.3, -0.25) is 0 Å². The number of rotatable bonds is 7. The van der Waals surface area contributed by atoms with Gasteiger partial charge >= 0.3 is 6.03 Å². The predicted octanol–water partition coefficient (Wildman–Crippen LogP) is 4.49. The maximum absolute atomic E-state index is 13.1. The quantitative estimate of drug-likeness (QED) is 0.366. The number of hydrogen-bond donors (Lipinski definition) is 2. The van der Waals surface area contributed by atoms with E-state index in [2.05, 4.69) is 44.5 Å². The van der Waals surface area contributed by atoms with Crippen LogP contribution in [-0.2, 0) is 0 Å². The summed E-state index contributed by atoms with van der Waals surface area (Å²) in [6.07, 6.45) is 1.38. The van der Waals surface area contributed by atoms with Crippen LogP contribution < -0.4 is 25.4 Å². The van der Waals surface area contributed by atoms with Gasteiger partial charge in [0, 0.05) is 44.0 Å². The monoisotopic (exact) mass is 502 g/mol. The number of hydrogen-bond acceptors (Lipinski definition) is 5. The van der Waals surface area contributed by atoms with E-state index in [1.54, 1.807) is 21.1 Å². The topological polar surface area (TPSA) is 105 Å². The average Bonchev–Trinajstić information content (AvgIpc) is 2.92. The van der Waals surface area contributed by atoms with Crippen molar-refractivity contribution in [2.75, 3.05) is 45.3 Å². The fourth-order valence-electron chi connectivity index (χ4n) is 4.52. The zero-order valence-corrected chi connectivity index (χ0v) is 21.8. The molecular weight excluding hydrogens is 468 g/mol. The van der Waals surface area contributed by atoms with Gasteiger partial charge in [-0.15, -0.1) is 0 Å². The lowest BCUT2D eigenvalue weighted by atomic mass is 10.00. The molecule has 1 heterocycles. The van der Waals surface area contributed by atoms with Crippen LogP contribution in [0.15, 0.2) is 64.6 Å². The van der Waals surface area contributed by atoms with Gasteiger partial charge in [0.15, 0.2) is 0 Å². The van der Waals surface area contributed by atoms with E-state index in [0.29, 0.717) is 49.2 Å². The normalized spacial score (nSPS) is 15.2. The Morgan fingerprint density at radius 2 is 1.68 bits per heavy atom. The van der Waals surface area contributed by atoms with Crippen molar-refractivity contribution in [1.29, 1.82) is 0 Å². The smallest absolute Gasteiger partial charge is 0.317 e. The van der Waals surface area contributed by atoms with E-state index in [4.69, 9.17) is 15.2 Å². The van der Waals surface area contributed by atoms with Crippen LogP contribution in [0.2, 0.25) is 0 Å². The highest BCUT2D eigenvalue weighted by Crippen LogP contribution is 2.41. The minimum Gasteiger partial charge on any atom is -0.494 e. The predicted molar refractivity (Wildman–Crippen MR) is 150 cm³/mol. The second-order valence-electron chi connectivity index (χ2n) is 8.93. The summed E-state index contributed by atoms with van der Waals surface area (Å²) in [7, 11) is 3.18. The molecule has 3 N–H and O–H groups in total. The first-order valence-electron chi connectivity index (χ1n) is 12.3. The number of urea groups is 1. The summed E-state index contributed by atoms with van der Waals surface area (Å²) in [5.74, 6) is 1.55. The molecule has 0 saturated carbocycles. The molecule has 0 spiro atoms. The first kappa shape index (κ1) is 25.8. The number of nitrogens with one attached hydrogen (secondary N) is 1. The molecule has 0 radical (unpaired) electrons. The zero-order chi connectivity index (χ0) is 26.4. The van der Waals surface area contributed by atoms with Crippen LogP contribution in [-0.4, -0.2) is 63.5 Å². The summed E-state index contributed by atoms with van der Waals surface area (Å²) >= 11 is 0. The van der Waals surface area contributed by atoms with Gasteiger partial charge in [-0.1, -0.05) is 42.5 Å². The molecule has 0 aromatic heterocycles. The Kier molecular flexibility index (Phi) is 8.12. The lowest BCUT2D eigenvalue weighted by Gasteiger charge is -2.37. The van der Waals surface area contributed by atoms with Gasteiger partial charge < -0.3 is 30.3 Å². The SMILES string of the molecule is COc1cc(N2CCN(C(=O)NC(C)c3cccc4ccccc34)CC2)cc(OC)c1N=CN=C(C)N. The van der Waals surface area contributed by atoms with Gasteiger partial charge in [-0.2, -0.15) is 0 Å². The van der Waals surface area contributed by atoms with Gasteiger partial charge in [-0.25, -0.2) is 14.8 Å². The maximum Gasteiger partial charge on any atom is 0.317 e. The standard InChI is InChI=1S/C28H34N6O3/c1-19(23-11-7-9-21-8-5-6-10-24(21)23)32-28(35)34-14-12-33(13-15-34)22-16-25(36-3)27(26(17-22)37-4)31-18-30-20(2)29/h5-11,16-19H,12-15H2,1-4H3,(H,32,35)(H2,29,30,31). The molecule has 1 aliphatic rings. The Balaban J connectivity index is 1.42. The van der Waals surface area contributed by atoms with E-state index in [-0.39, 0.29) is 12.1 Å². The van der Waals surface area contributed by atoms with Crippen LogP contribution in [0.3, 0.4) is 0 Å². The number of amidine groups is 1. The Morgan fingerprint density at radius 3 is 2.32 bits per heavy atom. The fourth-order valence-corrected chi connectivity index (χ4v) is 4.52. The minimum absolute atomic E-state index is 0.0596.